The van der Waals surface area contributed by atoms with Crippen LogP contribution < -0.4 is 14.4 Å². The maximum atomic E-state index is 12.9. The zero-order chi connectivity index (χ0) is 18.7. The van der Waals surface area contributed by atoms with Gasteiger partial charge in [-0.3, -0.25) is 4.79 Å². The van der Waals surface area contributed by atoms with Gasteiger partial charge < -0.3 is 19.1 Å². The van der Waals surface area contributed by atoms with E-state index in [-0.39, 0.29) is 17.9 Å². The molecule has 6 nitrogen and oxygen atoms in total. The Balaban J connectivity index is 1.88. The molecule has 1 aliphatic rings. The lowest BCUT2D eigenvalue weighted by Crippen LogP contribution is -2.47. The van der Waals surface area contributed by atoms with Gasteiger partial charge >= 0.3 is 12.6 Å². The molecule has 0 radical (unpaired) electrons. The van der Waals surface area contributed by atoms with Gasteiger partial charge in [-0.1, -0.05) is 12.1 Å². The highest BCUT2D eigenvalue weighted by Crippen LogP contribution is 2.34. The number of hydrogen-bond donors (Lipinski definition) is 0. The van der Waals surface area contributed by atoms with Crippen LogP contribution in [0.3, 0.4) is 0 Å². The highest BCUT2D eigenvalue weighted by molar-refractivity contribution is 6.07. The minimum atomic E-state index is -2.94. The SMILES string of the molecule is COC(=O)[C@H]1CN(C(=O)c2ccc(OC(F)F)cc2)c2ccccc2O1. The summed E-state index contributed by atoms with van der Waals surface area (Å²) < 4.78 is 39.0. The molecule has 0 aromatic heterocycles. The quantitative estimate of drug-likeness (QED) is 0.782. The van der Waals surface area contributed by atoms with Gasteiger partial charge in [-0.25, -0.2) is 4.79 Å². The van der Waals surface area contributed by atoms with Gasteiger partial charge in [-0.2, -0.15) is 8.78 Å². The summed E-state index contributed by atoms with van der Waals surface area (Å²) in [6, 6.07) is 12.1. The summed E-state index contributed by atoms with van der Waals surface area (Å²) in [5, 5.41) is 0. The van der Waals surface area contributed by atoms with Crippen LogP contribution in [0.1, 0.15) is 10.4 Å². The highest BCUT2D eigenvalue weighted by Gasteiger charge is 2.34. The maximum absolute atomic E-state index is 12.9. The average molecular weight is 363 g/mol. The number of carbonyl (C=O) groups excluding carboxylic acids is 2. The minimum absolute atomic E-state index is 0.0300. The third-order valence-electron chi connectivity index (χ3n) is 3.81. The van der Waals surface area contributed by atoms with Crippen molar-refractivity contribution in [1.82, 2.24) is 0 Å². The van der Waals surface area contributed by atoms with E-state index in [0.717, 1.165) is 0 Å². The molecule has 1 amide bonds. The third kappa shape index (κ3) is 3.58. The minimum Gasteiger partial charge on any atom is -0.475 e. The molecule has 0 bridgehead atoms. The number of para-hydroxylation sites is 2. The first kappa shape index (κ1) is 17.7. The number of nitrogens with zero attached hydrogens (tertiary/aromatic N) is 1. The lowest BCUT2D eigenvalue weighted by Gasteiger charge is -2.33. The summed E-state index contributed by atoms with van der Waals surface area (Å²) in [5.41, 5.74) is 0.762. The largest absolute Gasteiger partial charge is 0.475 e. The molecule has 2 aromatic carbocycles. The summed E-state index contributed by atoms with van der Waals surface area (Å²) in [4.78, 5) is 26.1. The fourth-order valence-electron chi connectivity index (χ4n) is 2.62. The zero-order valence-electron chi connectivity index (χ0n) is 13.7. The van der Waals surface area contributed by atoms with E-state index in [0.29, 0.717) is 11.4 Å². The number of amides is 1. The second kappa shape index (κ2) is 7.38. The van der Waals surface area contributed by atoms with E-state index < -0.39 is 24.6 Å². The molecule has 2 aromatic rings. The van der Waals surface area contributed by atoms with Gasteiger partial charge in [0, 0.05) is 5.56 Å². The first-order chi connectivity index (χ1) is 12.5. The molecule has 0 aliphatic carbocycles. The van der Waals surface area contributed by atoms with Crippen LogP contribution in [0.5, 0.6) is 11.5 Å². The third-order valence-corrected chi connectivity index (χ3v) is 3.81. The molecule has 0 unspecified atom stereocenters. The molecule has 1 aliphatic heterocycles. The summed E-state index contributed by atoms with van der Waals surface area (Å²) in [5.74, 6) is -0.678. The highest BCUT2D eigenvalue weighted by atomic mass is 19.3. The predicted molar refractivity (Wildman–Crippen MR) is 87.6 cm³/mol. The Morgan fingerprint density at radius 2 is 1.85 bits per heavy atom. The lowest BCUT2D eigenvalue weighted by atomic mass is 10.1. The van der Waals surface area contributed by atoms with Crippen molar-refractivity contribution in [3.05, 3.63) is 54.1 Å². The van der Waals surface area contributed by atoms with Crippen LogP contribution in [-0.4, -0.2) is 38.2 Å². The number of anilines is 1. The summed E-state index contributed by atoms with van der Waals surface area (Å²) in [6.45, 7) is -2.97. The summed E-state index contributed by atoms with van der Waals surface area (Å²) in [7, 11) is 1.24. The molecule has 1 atom stereocenters. The number of rotatable bonds is 4. The van der Waals surface area contributed by atoms with Crippen LogP contribution in [0.4, 0.5) is 14.5 Å². The van der Waals surface area contributed by atoms with Crippen LogP contribution in [-0.2, 0) is 9.53 Å². The number of fused-ring (bicyclic) bond motifs is 1. The Morgan fingerprint density at radius 1 is 1.15 bits per heavy atom. The molecule has 26 heavy (non-hydrogen) atoms. The van der Waals surface area contributed by atoms with Crippen LogP contribution in [0.2, 0.25) is 0 Å². The zero-order valence-corrected chi connectivity index (χ0v) is 13.7. The normalized spacial score (nSPS) is 15.8. The topological polar surface area (TPSA) is 65.1 Å². The standard InChI is InChI=1S/C18H15F2NO5/c1-24-17(23)15-10-21(13-4-2-3-5-14(13)26-15)16(22)11-6-8-12(9-7-11)25-18(19)20/h2-9,15,18H,10H2,1H3/t15-/m1/s1. The fourth-order valence-corrected chi connectivity index (χ4v) is 2.62. The van der Waals surface area contributed by atoms with E-state index in [4.69, 9.17) is 9.47 Å². The molecule has 0 spiro atoms. The van der Waals surface area contributed by atoms with Crippen LogP contribution in [0, 0.1) is 0 Å². The van der Waals surface area contributed by atoms with Gasteiger partial charge in [-0.15, -0.1) is 0 Å². The monoisotopic (exact) mass is 363 g/mol. The number of halogens is 2. The summed E-state index contributed by atoms with van der Waals surface area (Å²) >= 11 is 0. The Hall–Kier alpha value is -3.16. The van der Waals surface area contributed by atoms with Crippen molar-refractivity contribution in [3.8, 4) is 11.5 Å². The Morgan fingerprint density at radius 3 is 2.50 bits per heavy atom. The average Bonchev–Trinajstić information content (AvgIpc) is 2.66. The number of alkyl halides is 2. The van der Waals surface area contributed by atoms with Crippen molar-refractivity contribution in [3.63, 3.8) is 0 Å². The maximum Gasteiger partial charge on any atom is 0.387 e. The van der Waals surface area contributed by atoms with Gasteiger partial charge in [-0.05, 0) is 36.4 Å². The van der Waals surface area contributed by atoms with Gasteiger partial charge in [0.25, 0.3) is 5.91 Å². The van der Waals surface area contributed by atoms with Crippen molar-refractivity contribution >= 4 is 17.6 Å². The second-order valence-corrected chi connectivity index (χ2v) is 5.42. The molecular formula is C18H15F2NO5. The van der Waals surface area contributed by atoms with E-state index in [1.54, 1.807) is 24.3 Å². The van der Waals surface area contributed by atoms with Crippen molar-refractivity contribution in [1.29, 1.82) is 0 Å². The predicted octanol–water partition coefficient (Wildman–Crippen LogP) is 2.87. The van der Waals surface area contributed by atoms with Gasteiger partial charge in [0.05, 0.1) is 19.3 Å². The van der Waals surface area contributed by atoms with Crippen LogP contribution >= 0.6 is 0 Å². The van der Waals surface area contributed by atoms with Crippen molar-refractivity contribution in [2.24, 2.45) is 0 Å². The van der Waals surface area contributed by atoms with E-state index in [1.807, 2.05) is 0 Å². The first-order valence-corrected chi connectivity index (χ1v) is 7.70. The van der Waals surface area contributed by atoms with E-state index in [1.165, 1.54) is 36.3 Å². The van der Waals surface area contributed by atoms with Crippen LogP contribution in [0.25, 0.3) is 0 Å². The van der Waals surface area contributed by atoms with Crippen LogP contribution in [0.15, 0.2) is 48.5 Å². The number of hydrogen-bond acceptors (Lipinski definition) is 5. The lowest BCUT2D eigenvalue weighted by molar-refractivity contribution is -0.148. The number of methoxy groups -OCH3 is 1. The molecule has 136 valence electrons. The number of carbonyl (C=O) groups is 2. The number of ether oxygens (including phenoxy) is 3. The Labute approximate surface area is 147 Å². The van der Waals surface area contributed by atoms with E-state index in [9.17, 15) is 18.4 Å². The van der Waals surface area contributed by atoms with E-state index >= 15 is 0 Å². The molecular weight excluding hydrogens is 348 g/mol. The van der Waals surface area contributed by atoms with Crippen molar-refractivity contribution < 1.29 is 32.6 Å². The Kier molecular flexibility index (Phi) is 5.01. The smallest absolute Gasteiger partial charge is 0.387 e. The van der Waals surface area contributed by atoms with Gasteiger partial charge in [0.15, 0.2) is 0 Å². The molecule has 0 fully saturated rings. The fraction of sp³-hybridized carbons (Fsp3) is 0.222. The molecule has 0 saturated carbocycles. The molecule has 1 heterocycles. The van der Waals surface area contributed by atoms with Gasteiger partial charge in [0.2, 0.25) is 6.10 Å². The Bertz CT molecular complexity index is 809. The number of esters is 1. The summed E-state index contributed by atoms with van der Waals surface area (Å²) in [6.07, 6.45) is -0.958. The molecule has 3 rings (SSSR count). The molecule has 0 N–H and O–H groups in total. The van der Waals surface area contributed by atoms with E-state index in [2.05, 4.69) is 4.74 Å². The molecule has 8 heteroatoms. The number of benzene rings is 2. The molecule has 0 saturated heterocycles. The van der Waals surface area contributed by atoms with Gasteiger partial charge in [0.1, 0.15) is 11.5 Å². The first-order valence-electron chi connectivity index (χ1n) is 7.70. The van der Waals surface area contributed by atoms with Crippen molar-refractivity contribution in [2.45, 2.75) is 12.7 Å². The second-order valence-electron chi connectivity index (χ2n) is 5.42. The van der Waals surface area contributed by atoms with Crippen molar-refractivity contribution in [2.75, 3.05) is 18.6 Å².